The van der Waals surface area contributed by atoms with Crippen molar-refractivity contribution >= 4 is 20.6 Å². The van der Waals surface area contributed by atoms with Crippen LogP contribution in [-0.2, 0) is 75.2 Å². The number of hydrogen-bond acceptors (Lipinski definition) is 5. The number of ether oxygens (including phenoxy) is 1. The predicted molar refractivity (Wildman–Crippen MR) is 423 cm³/mol. The van der Waals surface area contributed by atoms with Crippen LogP contribution in [0, 0.1) is 17.8 Å². The monoisotopic (exact) mass is 1980 g/mol. The molecule has 5 fully saturated rings. The van der Waals surface area contributed by atoms with Gasteiger partial charge in [-0.15, -0.1) is 0 Å². The third-order valence-electron chi connectivity index (χ3n) is 21.7. The molecule has 0 N–H and O–H groups in total. The molecule has 0 bridgehead atoms. The van der Waals surface area contributed by atoms with E-state index in [9.17, 15) is 166 Å². The molecule has 5 nitrogen and oxygen atoms in total. The van der Waals surface area contributed by atoms with Crippen molar-refractivity contribution in [3.8, 4) is 5.75 Å². The van der Waals surface area contributed by atoms with E-state index in [0.29, 0.717) is 64.7 Å². The van der Waals surface area contributed by atoms with Crippen molar-refractivity contribution in [1.29, 1.82) is 0 Å². The minimum absolute atomic E-state index is 0.00525. The van der Waals surface area contributed by atoms with E-state index in [2.05, 4.69) is 4.98 Å². The number of halogens is 35. The fourth-order valence-electron chi connectivity index (χ4n) is 12.9. The fraction of sp³-hybridized carbons (Fsp3) is 0.544. The fourth-order valence-corrected chi connectivity index (χ4v) is 14.5. The molecule has 0 radical (unpaired) electrons. The number of rotatable bonds is 16. The third kappa shape index (κ3) is 31.8. The molecule has 5 saturated carbocycles. The van der Waals surface area contributed by atoms with Gasteiger partial charge in [0.05, 0.1) is 56.2 Å². The number of nitrogens with zero attached hydrogens (tertiary/aromatic N) is 1. The molecule has 1 heterocycles. The Morgan fingerprint density at radius 2 is 0.735 bits per heavy atom. The maximum atomic E-state index is 14.0. The maximum Gasteiger partial charge on any atom is 0.501 e. The minimum Gasteiger partial charge on any atom is -0.490 e. The number of benzene rings is 6. The molecule has 0 spiro atoms. The summed E-state index contributed by atoms with van der Waals surface area (Å²) in [5.41, 5.74) is -15.9. The Balaban J connectivity index is 0.000000237. The Morgan fingerprint density at radius 1 is 0.371 bits per heavy atom. The molecule has 0 aliphatic heterocycles. The van der Waals surface area contributed by atoms with Gasteiger partial charge < -0.3 is 4.74 Å². The van der Waals surface area contributed by atoms with Crippen LogP contribution < -0.4 is 4.74 Å². The van der Waals surface area contributed by atoms with Crippen LogP contribution in [0.5, 0.6) is 5.75 Å². The van der Waals surface area contributed by atoms with E-state index in [4.69, 9.17) is 4.74 Å². The molecule has 5 aliphatic carbocycles. The van der Waals surface area contributed by atoms with Gasteiger partial charge in [0.1, 0.15) is 11.4 Å². The Morgan fingerprint density at radius 3 is 1.10 bits per heavy atom. The third-order valence-corrected chi connectivity index (χ3v) is 24.3. The molecular weight excluding hydrogens is 1890 g/mol. The number of aromatic nitrogens is 1. The highest BCUT2D eigenvalue weighted by molar-refractivity contribution is 7.92. The summed E-state index contributed by atoms with van der Waals surface area (Å²) in [6.07, 6.45) is -36.4. The zero-order valence-electron chi connectivity index (χ0n) is 72.8. The minimum atomic E-state index is -5.82. The first-order chi connectivity index (χ1) is 59.4. The Bertz CT molecular complexity index is 5180. The van der Waals surface area contributed by atoms with Gasteiger partial charge in [-0.05, 0) is 258 Å². The zero-order chi connectivity index (χ0) is 101. The second-order valence-corrected chi connectivity index (χ2v) is 38.5. The standard InChI is InChI=1S/C15H16F6.C14H14F6.C14H15F5.C13H15F3O.C12H14F3N.C11H10F6O2S.C11H10F6OS/c1-8(2)9-4-10(6-11(5-9)14(16,17)18)13(3)7-12(13)15(19,20)21;1-7(2)8-3-9(5-10(4-8)13(15,16)17)11-6-12(11)14(18,19)20;1-8(2)9-5-11(13(15,16)10-3-4-10)7-12(6-9)14(17,18)19;1-8(2)9-5-10(13(14,15)16)7-12(6-9)17-11-3-4-11;1-7(2)9-5-10(8-3-4-8)16-11(6-9)12(13,14)15;1-6(2)7-3-8(10(12,13)14)5-9(4-7)20(18,19)11(15,16)17;1-6(2)7-3-8(10(12,13)14)5-9(4-7)19(18)11(15,16)17/h4-6,8,12H,7H2,1-3H3;3-5,7,11-12H,6H2,1-2H3;5-8,10H,3-4H2,1-2H3;5-8,11H,3-4H2,1-2H3;5-8H,3-4H2,1-2H3;3-6H,1-2H3;3-6H,1-2H3. The van der Waals surface area contributed by atoms with Gasteiger partial charge in [-0.25, -0.2) is 26.4 Å². The average Bonchev–Trinajstić information content (AvgIpc) is 1.56. The van der Waals surface area contributed by atoms with Crippen molar-refractivity contribution in [2.45, 2.75) is 302 Å². The highest BCUT2D eigenvalue weighted by Crippen LogP contribution is 2.62. The Labute approximate surface area is 741 Å². The topological polar surface area (TPSA) is 73.3 Å². The highest BCUT2D eigenvalue weighted by Gasteiger charge is 2.65. The molecule has 7 aromatic rings. The second kappa shape index (κ2) is 41.1. The average molecular weight is 1980 g/mol. The Hall–Kier alpha value is -8.08. The lowest BCUT2D eigenvalue weighted by Gasteiger charge is -2.20. The first kappa shape index (κ1) is 113. The molecule has 740 valence electrons. The second-order valence-electron chi connectivity index (χ2n) is 35.1. The van der Waals surface area contributed by atoms with Gasteiger partial charge in [-0.3, -0.25) is 0 Å². The number of alkyl halides is 35. The van der Waals surface area contributed by atoms with E-state index in [-0.39, 0.29) is 88.8 Å². The summed E-state index contributed by atoms with van der Waals surface area (Å²) < 4.78 is 484. The number of sulfone groups is 1. The summed E-state index contributed by atoms with van der Waals surface area (Å²) in [5.74, 6) is -8.68. The maximum absolute atomic E-state index is 14.0. The first-order valence-electron chi connectivity index (χ1n) is 40.8. The summed E-state index contributed by atoms with van der Waals surface area (Å²) in [4.78, 5) is 1.44. The van der Waals surface area contributed by atoms with Crippen molar-refractivity contribution in [2.75, 3.05) is 0 Å². The lowest BCUT2D eigenvalue weighted by Crippen LogP contribution is -2.24. The highest BCUT2D eigenvalue weighted by atomic mass is 32.2. The quantitative estimate of drug-likeness (QED) is 0.0902. The lowest BCUT2D eigenvalue weighted by atomic mass is 9.89. The van der Waals surface area contributed by atoms with Crippen molar-refractivity contribution in [2.24, 2.45) is 17.8 Å². The molecule has 5 aliphatic rings. The number of pyridine rings is 1. The van der Waals surface area contributed by atoms with Crippen molar-refractivity contribution in [1.82, 2.24) is 4.98 Å². The van der Waals surface area contributed by atoms with Gasteiger partial charge in [0.15, 0.2) is 10.8 Å². The van der Waals surface area contributed by atoms with E-state index in [1.54, 1.807) is 47.6 Å². The van der Waals surface area contributed by atoms with Crippen molar-refractivity contribution < 1.29 is 171 Å². The van der Waals surface area contributed by atoms with E-state index >= 15 is 0 Å². The molecule has 42 heteroatoms. The van der Waals surface area contributed by atoms with Gasteiger partial charge in [0.2, 0.25) is 0 Å². The van der Waals surface area contributed by atoms with Crippen LogP contribution >= 0.6 is 0 Å². The van der Waals surface area contributed by atoms with Crippen LogP contribution in [0.15, 0.2) is 131 Å². The van der Waals surface area contributed by atoms with Crippen molar-refractivity contribution in [3.05, 3.63) is 222 Å². The van der Waals surface area contributed by atoms with Crippen LogP contribution in [0.3, 0.4) is 0 Å². The summed E-state index contributed by atoms with van der Waals surface area (Å²) in [6, 6.07) is 19.6. The van der Waals surface area contributed by atoms with Crippen LogP contribution in [0.2, 0.25) is 0 Å². The first-order valence-corrected chi connectivity index (χ1v) is 43.4. The van der Waals surface area contributed by atoms with Crippen LogP contribution in [0.25, 0.3) is 0 Å². The van der Waals surface area contributed by atoms with Crippen LogP contribution in [0.1, 0.15) is 309 Å². The SMILES string of the molecule is CC(C)c1cc(C(F)(F)F)cc(C(F)(F)C2CC2)c1.CC(C)c1cc(C(F)(F)F)cc(C2(C)CC2C(F)(F)F)c1.CC(C)c1cc(C(F)(F)F)cc(S(=O)(=O)C(F)(F)F)c1.CC(C)c1cc(C2CC2)nc(C(F)(F)F)c1.CC(C)c1cc(C2CC2C(F)(F)F)cc(C(F)(F)F)c1.CC(C)c1cc(OC2CC2)cc(C(F)(F)F)c1.CC(C)c1cc(S(=O)C(F)(F)F)cc(C(F)(F)F)c1. The zero-order valence-corrected chi connectivity index (χ0v) is 74.5. The van der Waals surface area contributed by atoms with E-state index in [1.807, 2.05) is 33.8 Å². The molecule has 5 unspecified atom stereocenters. The summed E-state index contributed by atoms with van der Waals surface area (Å²) >= 11 is 0. The molecule has 0 amide bonds. The molecule has 0 saturated heterocycles. The summed E-state index contributed by atoms with van der Waals surface area (Å²) in [7, 11) is -9.29. The van der Waals surface area contributed by atoms with Gasteiger partial charge in [0, 0.05) is 33.4 Å². The molecule has 5 atom stereocenters. The van der Waals surface area contributed by atoms with E-state index in [0.717, 1.165) is 85.8 Å². The van der Waals surface area contributed by atoms with Gasteiger partial charge >= 0.3 is 66.6 Å². The normalized spacial score (nSPS) is 18.5. The van der Waals surface area contributed by atoms with Gasteiger partial charge in [-0.2, -0.15) is 145 Å². The van der Waals surface area contributed by atoms with Crippen molar-refractivity contribution in [3.63, 3.8) is 0 Å². The van der Waals surface area contributed by atoms with Gasteiger partial charge in [-0.1, -0.05) is 116 Å². The molecular formula is C90H94F35NO4S2. The molecule has 132 heavy (non-hydrogen) atoms. The summed E-state index contributed by atoms with van der Waals surface area (Å²) in [5, 5.41) is 0. The summed E-state index contributed by atoms with van der Waals surface area (Å²) in [6.45, 7) is 25.1. The Kier molecular flexibility index (Phi) is 35.1. The predicted octanol–water partition coefficient (Wildman–Crippen LogP) is 33.5. The number of hydrogen-bond donors (Lipinski definition) is 0. The lowest BCUT2D eigenvalue weighted by molar-refractivity contribution is -0.152. The molecule has 1 aromatic heterocycles. The van der Waals surface area contributed by atoms with E-state index < -0.39 is 189 Å². The van der Waals surface area contributed by atoms with E-state index in [1.165, 1.54) is 58.9 Å². The molecule has 12 rings (SSSR count). The van der Waals surface area contributed by atoms with Gasteiger partial charge in [0.25, 0.3) is 15.8 Å². The largest absolute Gasteiger partial charge is 0.501 e. The molecule has 6 aromatic carbocycles. The van der Waals surface area contributed by atoms with Crippen LogP contribution in [0.4, 0.5) is 154 Å². The smallest absolute Gasteiger partial charge is 0.490 e. The van der Waals surface area contributed by atoms with Crippen LogP contribution in [-0.4, -0.2) is 47.1 Å².